The molecule has 0 radical (unpaired) electrons. The molecule has 0 unspecified atom stereocenters. The standard InChI is InChI=1S/C59H39N3OS/c1-38-33-43(13-12-32-63-57-27-23-41(36-49(38)57)44-14-2-4-16-46(44)53-19-8-10-30-60-53)62-55-21-7-6-18-48(55)50-34-39(22-26-56(50)62)40-24-28-58-51(35-40)52-37-42(25-29-59(52)64-58)45-15-3-5-17-47(45)54-20-9-11-31-61-54/h2-31,33-37H,1,32H2/b13-12-,43-33+. The van der Waals surface area contributed by atoms with Crippen molar-refractivity contribution in [3.8, 4) is 61.6 Å². The first-order valence-corrected chi connectivity index (χ1v) is 22.3. The first kappa shape index (κ1) is 37.6. The summed E-state index contributed by atoms with van der Waals surface area (Å²) in [5, 5.41) is 4.92. The number of pyridine rings is 2. The number of allylic oxidation sites excluding steroid dienone is 4. The summed E-state index contributed by atoms with van der Waals surface area (Å²) in [7, 11) is 0. The minimum absolute atomic E-state index is 0.431. The summed E-state index contributed by atoms with van der Waals surface area (Å²) in [5.74, 6) is 0.805. The van der Waals surface area contributed by atoms with Crippen LogP contribution in [0.4, 0.5) is 0 Å². The third-order valence-electron chi connectivity index (χ3n) is 12.4. The maximum atomic E-state index is 6.39. The Labute approximate surface area is 375 Å². The van der Waals surface area contributed by atoms with Crippen LogP contribution in [0, 0.1) is 0 Å². The molecule has 7 aromatic carbocycles. The Morgan fingerprint density at radius 1 is 0.469 bits per heavy atom. The van der Waals surface area contributed by atoms with Crippen LogP contribution in [-0.2, 0) is 0 Å². The summed E-state index contributed by atoms with van der Waals surface area (Å²) in [6, 6.07) is 64.9. The van der Waals surface area contributed by atoms with Crippen molar-refractivity contribution >= 4 is 64.6 Å². The van der Waals surface area contributed by atoms with Crippen LogP contribution in [0.2, 0.25) is 0 Å². The lowest BCUT2D eigenvalue weighted by Gasteiger charge is -2.15. The SMILES string of the molecule is C=C1/C=C(n2c3ccccc3c3cc(-c4ccc5sc6ccc(-c7ccccc7-c7ccccn7)cc6c5c4)ccc32)\C=C/COc2ccc(-c3ccccc3-c3ccccn3)cc21. The fourth-order valence-corrected chi connectivity index (χ4v) is 10.4. The van der Waals surface area contributed by atoms with Gasteiger partial charge < -0.3 is 9.30 Å². The topological polar surface area (TPSA) is 39.9 Å². The molecule has 302 valence electrons. The summed E-state index contributed by atoms with van der Waals surface area (Å²) >= 11 is 1.85. The van der Waals surface area contributed by atoms with Gasteiger partial charge in [0.25, 0.3) is 0 Å². The second kappa shape index (κ2) is 15.7. The molecule has 11 aromatic rings. The molecule has 0 amide bonds. The molecule has 0 N–H and O–H groups in total. The molecule has 5 heteroatoms. The van der Waals surface area contributed by atoms with E-state index in [2.05, 4.69) is 197 Å². The van der Waals surface area contributed by atoms with Crippen molar-refractivity contribution in [3.63, 3.8) is 0 Å². The van der Waals surface area contributed by atoms with E-state index in [9.17, 15) is 0 Å². The Balaban J connectivity index is 0.939. The summed E-state index contributed by atoms with van der Waals surface area (Å²) < 4.78 is 11.3. The number of aromatic nitrogens is 3. The smallest absolute Gasteiger partial charge is 0.127 e. The summed E-state index contributed by atoms with van der Waals surface area (Å²) in [5.41, 5.74) is 16.2. The first-order chi connectivity index (χ1) is 31.6. The van der Waals surface area contributed by atoms with Crippen molar-refractivity contribution in [1.82, 2.24) is 14.5 Å². The van der Waals surface area contributed by atoms with Crippen LogP contribution in [-0.4, -0.2) is 21.1 Å². The van der Waals surface area contributed by atoms with E-state index in [-0.39, 0.29) is 0 Å². The highest BCUT2D eigenvalue weighted by atomic mass is 32.1. The number of ether oxygens (including phenoxy) is 1. The predicted molar refractivity (Wildman–Crippen MR) is 269 cm³/mol. The van der Waals surface area contributed by atoms with Gasteiger partial charge >= 0.3 is 0 Å². The number of para-hydroxylation sites is 1. The third kappa shape index (κ3) is 6.53. The van der Waals surface area contributed by atoms with Gasteiger partial charge in [0.1, 0.15) is 12.4 Å². The molecule has 64 heavy (non-hydrogen) atoms. The van der Waals surface area contributed by atoms with Gasteiger partial charge in [0.15, 0.2) is 0 Å². The fourth-order valence-electron chi connectivity index (χ4n) is 9.34. The molecule has 0 aliphatic carbocycles. The van der Waals surface area contributed by atoms with E-state index in [0.29, 0.717) is 6.61 Å². The van der Waals surface area contributed by atoms with Crippen molar-refractivity contribution < 1.29 is 4.74 Å². The molecular formula is C59H39N3OS. The summed E-state index contributed by atoms with van der Waals surface area (Å²) in [4.78, 5) is 9.35. The molecule has 5 heterocycles. The van der Waals surface area contributed by atoms with Gasteiger partial charge in [-0.05, 0) is 136 Å². The normalized spacial score (nSPS) is 14.1. The van der Waals surface area contributed by atoms with Crippen LogP contribution < -0.4 is 4.74 Å². The number of fused-ring (bicyclic) bond motifs is 7. The van der Waals surface area contributed by atoms with Gasteiger partial charge in [-0.1, -0.05) is 110 Å². The van der Waals surface area contributed by atoms with Gasteiger partial charge in [0.05, 0.1) is 22.4 Å². The first-order valence-electron chi connectivity index (χ1n) is 21.5. The maximum absolute atomic E-state index is 6.39. The monoisotopic (exact) mass is 837 g/mol. The highest BCUT2D eigenvalue weighted by molar-refractivity contribution is 7.25. The number of rotatable bonds is 6. The molecule has 0 atom stereocenters. The molecule has 0 bridgehead atoms. The van der Waals surface area contributed by atoms with Crippen molar-refractivity contribution in [1.29, 1.82) is 0 Å². The average molecular weight is 838 g/mol. The van der Waals surface area contributed by atoms with Crippen LogP contribution in [0.15, 0.2) is 219 Å². The molecule has 0 spiro atoms. The van der Waals surface area contributed by atoms with Crippen LogP contribution >= 0.6 is 11.3 Å². The van der Waals surface area contributed by atoms with Gasteiger partial charge in [-0.25, -0.2) is 0 Å². The van der Waals surface area contributed by atoms with Crippen LogP contribution in [0.25, 0.3) is 109 Å². The Hall–Kier alpha value is -8.12. The van der Waals surface area contributed by atoms with Crippen molar-refractivity contribution in [3.05, 3.63) is 225 Å². The van der Waals surface area contributed by atoms with Gasteiger partial charge in [0, 0.05) is 65.7 Å². The molecule has 0 saturated carbocycles. The van der Waals surface area contributed by atoms with E-state index in [0.717, 1.165) is 67.3 Å². The number of benzene rings is 7. The van der Waals surface area contributed by atoms with Crippen molar-refractivity contribution in [2.24, 2.45) is 0 Å². The van der Waals surface area contributed by atoms with E-state index in [1.807, 2.05) is 48.0 Å². The van der Waals surface area contributed by atoms with Crippen LogP contribution in [0.3, 0.4) is 0 Å². The van der Waals surface area contributed by atoms with Gasteiger partial charge in [-0.15, -0.1) is 11.3 Å². The average Bonchev–Trinajstić information content (AvgIpc) is 3.91. The molecule has 1 aliphatic heterocycles. The van der Waals surface area contributed by atoms with Crippen molar-refractivity contribution in [2.45, 2.75) is 0 Å². The second-order valence-corrected chi connectivity index (χ2v) is 17.2. The van der Waals surface area contributed by atoms with E-state index >= 15 is 0 Å². The largest absolute Gasteiger partial charge is 0.489 e. The van der Waals surface area contributed by atoms with Crippen LogP contribution in [0.1, 0.15) is 5.56 Å². The fraction of sp³-hybridized carbons (Fsp3) is 0.0169. The Morgan fingerprint density at radius 2 is 1.02 bits per heavy atom. The summed E-state index contributed by atoms with van der Waals surface area (Å²) in [6.07, 6.45) is 10.1. The Bertz CT molecular complexity index is 3690. The quantitative estimate of drug-likeness (QED) is 0.167. The van der Waals surface area contributed by atoms with E-state index in [1.165, 1.54) is 53.2 Å². The highest BCUT2D eigenvalue weighted by Crippen LogP contribution is 2.43. The van der Waals surface area contributed by atoms with Crippen LogP contribution in [0.5, 0.6) is 5.75 Å². The zero-order valence-corrected chi connectivity index (χ0v) is 35.6. The minimum Gasteiger partial charge on any atom is -0.489 e. The van der Waals surface area contributed by atoms with E-state index < -0.39 is 0 Å². The van der Waals surface area contributed by atoms with Crippen molar-refractivity contribution in [2.75, 3.05) is 6.61 Å². The Kier molecular flexibility index (Phi) is 9.20. The number of nitrogens with zero attached hydrogens (tertiary/aromatic N) is 3. The highest BCUT2D eigenvalue weighted by Gasteiger charge is 2.19. The number of hydrogen-bond acceptors (Lipinski definition) is 4. The van der Waals surface area contributed by atoms with E-state index in [4.69, 9.17) is 4.74 Å². The molecule has 1 aliphatic rings. The minimum atomic E-state index is 0.431. The second-order valence-electron chi connectivity index (χ2n) is 16.1. The molecule has 4 nitrogen and oxygen atoms in total. The number of hydrogen-bond donors (Lipinski definition) is 0. The number of thiophene rings is 1. The lowest BCUT2D eigenvalue weighted by Crippen LogP contribution is -1.97. The molecule has 12 rings (SSSR count). The van der Waals surface area contributed by atoms with E-state index in [1.54, 1.807) is 0 Å². The summed E-state index contributed by atoms with van der Waals surface area (Å²) in [6.45, 7) is 5.08. The Morgan fingerprint density at radius 3 is 1.70 bits per heavy atom. The molecule has 0 saturated heterocycles. The molecular weight excluding hydrogens is 799 g/mol. The van der Waals surface area contributed by atoms with Gasteiger partial charge in [0.2, 0.25) is 0 Å². The third-order valence-corrected chi connectivity index (χ3v) is 13.5. The lowest BCUT2D eigenvalue weighted by molar-refractivity contribution is 0.362. The van der Waals surface area contributed by atoms with Gasteiger partial charge in [-0.2, -0.15) is 0 Å². The lowest BCUT2D eigenvalue weighted by atomic mass is 9.94. The zero-order valence-electron chi connectivity index (χ0n) is 34.8. The zero-order chi connectivity index (χ0) is 42.6. The predicted octanol–water partition coefficient (Wildman–Crippen LogP) is 15.8. The molecule has 0 fully saturated rings. The molecule has 4 aromatic heterocycles. The van der Waals surface area contributed by atoms with Gasteiger partial charge in [-0.3, -0.25) is 9.97 Å². The maximum Gasteiger partial charge on any atom is 0.127 e.